The fraction of sp³-hybridized carbons (Fsp3) is 0.300. The Labute approximate surface area is 162 Å². The van der Waals surface area contributed by atoms with Crippen molar-refractivity contribution in [1.82, 2.24) is 0 Å². The Morgan fingerprint density at radius 3 is 1.32 bits per heavy atom. The van der Waals surface area contributed by atoms with Crippen molar-refractivity contribution in [1.29, 1.82) is 0 Å². The van der Waals surface area contributed by atoms with Crippen molar-refractivity contribution in [2.24, 2.45) is 0 Å². The first kappa shape index (κ1) is 21.2. The first-order valence-electron chi connectivity index (χ1n) is 8.40. The summed E-state index contributed by atoms with van der Waals surface area (Å²) in [5.74, 6) is -0.982. The molecule has 0 fully saturated rings. The van der Waals surface area contributed by atoms with Gasteiger partial charge >= 0.3 is 11.9 Å². The highest BCUT2D eigenvalue weighted by Gasteiger charge is 2.33. The number of esters is 2. The maximum Gasteiger partial charge on any atom is 0.338 e. The summed E-state index contributed by atoms with van der Waals surface area (Å²) in [7, 11) is 3.06. The molecular weight excluding hydrogens is 368 g/mol. The highest BCUT2D eigenvalue weighted by molar-refractivity contribution is 5.85. The van der Waals surface area contributed by atoms with E-state index in [1.165, 1.54) is 14.2 Å². The fourth-order valence-corrected chi connectivity index (χ4v) is 2.18. The van der Waals surface area contributed by atoms with Crippen LogP contribution < -0.4 is 9.47 Å². The first-order chi connectivity index (χ1) is 13.4. The van der Waals surface area contributed by atoms with Crippen LogP contribution in [0.5, 0.6) is 11.5 Å². The van der Waals surface area contributed by atoms with E-state index in [-0.39, 0.29) is 13.2 Å². The molecule has 0 aromatic heterocycles. The van der Waals surface area contributed by atoms with Crippen LogP contribution >= 0.6 is 0 Å². The topological polar surface area (TPSA) is 112 Å². The molecule has 0 amide bonds. The van der Waals surface area contributed by atoms with Gasteiger partial charge in [0, 0.05) is 0 Å². The van der Waals surface area contributed by atoms with Gasteiger partial charge in [-0.05, 0) is 35.4 Å². The SMILES string of the molecule is COc1ccc(COC(=O)[C@H](O)[C@@H](O)C(=O)OCc2ccc(OC)cc2)cc1. The molecule has 2 N–H and O–H groups in total. The predicted octanol–water partition coefficient (Wildman–Crippen LogP) is 1.21. The summed E-state index contributed by atoms with van der Waals surface area (Å²) < 4.78 is 19.9. The van der Waals surface area contributed by atoms with E-state index in [4.69, 9.17) is 18.9 Å². The zero-order chi connectivity index (χ0) is 20.5. The molecule has 2 aromatic carbocycles. The molecule has 0 aliphatic heterocycles. The third-order valence-corrected chi connectivity index (χ3v) is 3.86. The molecule has 8 nitrogen and oxygen atoms in total. The van der Waals surface area contributed by atoms with Crippen molar-refractivity contribution in [2.75, 3.05) is 14.2 Å². The van der Waals surface area contributed by atoms with Crippen LogP contribution in [0.3, 0.4) is 0 Å². The highest BCUT2D eigenvalue weighted by atomic mass is 16.6. The van der Waals surface area contributed by atoms with Crippen LogP contribution in [0, 0.1) is 0 Å². The summed E-state index contributed by atoms with van der Waals surface area (Å²) in [5.41, 5.74) is 1.30. The van der Waals surface area contributed by atoms with Gasteiger partial charge in [-0.3, -0.25) is 0 Å². The molecule has 0 aliphatic carbocycles. The van der Waals surface area contributed by atoms with E-state index < -0.39 is 24.1 Å². The van der Waals surface area contributed by atoms with Crippen molar-refractivity contribution >= 4 is 11.9 Å². The van der Waals surface area contributed by atoms with Gasteiger partial charge < -0.3 is 29.2 Å². The quantitative estimate of drug-likeness (QED) is 0.615. The molecule has 0 radical (unpaired) electrons. The smallest absolute Gasteiger partial charge is 0.338 e. The van der Waals surface area contributed by atoms with E-state index in [9.17, 15) is 19.8 Å². The summed E-state index contributed by atoms with van der Waals surface area (Å²) in [6.07, 6.45) is -4.11. The van der Waals surface area contributed by atoms with Gasteiger partial charge in [0.25, 0.3) is 0 Å². The zero-order valence-electron chi connectivity index (χ0n) is 15.5. The minimum Gasteiger partial charge on any atom is -0.497 e. The van der Waals surface area contributed by atoms with E-state index >= 15 is 0 Å². The number of aliphatic hydroxyl groups excluding tert-OH is 2. The van der Waals surface area contributed by atoms with Crippen LogP contribution in [0.15, 0.2) is 48.5 Å². The van der Waals surface area contributed by atoms with E-state index in [1.807, 2.05) is 0 Å². The average Bonchev–Trinajstić information content (AvgIpc) is 2.75. The van der Waals surface area contributed by atoms with Gasteiger partial charge in [-0.2, -0.15) is 0 Å². The molecule has 0 aliphatic rings. The number of ether oxygens (including phenoxy) is 4. The van der Waals surface area contributed by atoms with Crippen LogP contribution in [0.4, 0.5) is 0 Å². The average molecular weight is 390 g/mol. The number of carbonyl (C=O) groups excluding carboxylic acids is 2. The Kier molecular flexibility index (Phi) is 7.79. The minimum atomic E-state index is -2.05. The van der Waals surface area contributed by atoms with E-state index in [0.717, 1.165) is 0 Å². The van der Waals surface area contributed by atoms with Gasteiger partial charge in [-0.1, -0.05) is 24.3 Å². The second-order valence-electron chi connectivity index (χ2n) is 5.80. The Morgan fingerprint density at radius 2 is 1.04 bits per heavy atom. The molecule has 2 rings (SSSR count). The maximum atomic E-state index is 11.9. The molecule has 0 spiro atoms. The summed E-state index contributed by atoms with van der Waals surface area (Å²) in [6, 6.07) is 13.5. The van der Waals surface area contributed by atoms with Gasteiger partial charge in [0.1, 0.15) is 24.7 Å². The van der Waals surface area contributed by atoms with Gasteiger partial charge in [0.05, 0.1) is 14.2 Å². The molecule has 0 saturated heterocycles. The second-order valence-corrected chi connectivity index (χ2v) is 5.80. The van der Waals surface area contributed by atoms with Crippen LogP contribution in [0.1, 0.15) is 11.1 Å². The van der Waals surface area contributed by atoms with Gasteiger partial charge in [0.15, 0.2) is 12.2 Å². The minimum absolute atomic E-state index is 0.131. The van der Waals surface area contributed by atoms with Gasteiger partial charge in [0.2, 0.25) is 0 Å². The third-order valence-electron chi connectivity index (χ3n) is 3.86. The molecule has 28 heavy (non-hydrogen) atoms. The molecule has 2 atom stereocenters. The summed E-state index contributed by atoms with van der Waals surface area (Å²) in [4.78, 5) is 23.7. The largest absolute Gasteiger partial charge is 0.497 e. The van der Waals surface area contributed by atoms with Crippen LogP contribution in [0.25, 0.3) is 0 Å². The molecule has 0 heterocycles. The second kappa shape index (κ2) is 10.3. The fourth-order valence-electron chi connectivity index (χ4n) is 2.18. The number of aliphatic hydroxyl groups is 2. The molecule has 0 saturated carbocycles. The molecule has 150 valence electrons. The van der Waals surface area contributed by atoms with Crippen molar-refractivity contribution in [2.45, 2.75) is 25.4 Å². The number of carbonyl (C=O) groups is 2. The number of methoxy groups -OCH3 is 2. The summed E-state index contributed by atoms with van der Waals surface area (Å²) in [6.45, 7) is -0.263. The first-order valence-corrected chi connectivity index (χ1v) is 8.40. The van der Waals surface area contributed by atoms with Crippen molar-refractivity contribution in [3.05, 3.63) is 59.7 Å². The zero-order valence-corrected chi connectivity index (χ0v) is 15.5. The predicted molar refractivity (Wildman–Crippen MR) is 97.6 cm³/mol. The molecule has 0 bridgehead atoms. The Morgan fingerprint density at radius 1 is 0.714 bits per heavy atom. The molecular formula is C20H22O8. The number of benzene rings is 2. The molecule has 2 aromatic rings. The Balaban J connectivity index is 1.80. The molecule has 0 unspecified atom stereocenters. The molecule has 8 heteroatoms. The lowest BCUT2D eigenvalue weighted by atomic mass is 10.2. The van der Waals surface area contributed by atoms with Crippen molar-refractivity contribution < 1.29 is 38.7 Å². The van der Waals surface area contributed by atoms with Gasteiger partial charge in [-0.15, -0.1) is 0 Å². The third kappa shape index (κ3) is 5.97. The number of rotatable bonds is 9. The lowest BCUT2D eigenvalue weighted by Crippen LogP contribution is -2.41. The van der Waals surface area contributed by atoms with Crippen LogP contribution in [0.2, 0.25) is 0 Å². The maximum absolute atomic E-state index is 11.9. The van der Waals surface area contributed by atoms with E-state index in [2.05, 4.69) is 0 Å². The summed E-state index contributed by atoms with van der Waals surface area (Å²) in [5, 5.41) is 19.6. The lowest BCUT2D eigenvalue weighted by molar-refractivity contribution is -0.174. The number of hydrogen-bond donors (Lipinski definition) is 2. The lowest BCUT2D eigenvalue weighted by Gasteiger charge is -2.16. The van der Waals surface area contributed by atoms with Crippen LogP contribution in [-0.2, 0) is 32.3 Å². The van der Waals surface area contributed by atoms with Crippen LogP contribution in [-0.4, -0.2) is 48.6 Å². The van der Waals surface area contributed by atoms with Crippen molar-refractivity contribution in [3.8, 4) is 11.5 Å². The van der Waals surface area contributed by atoms with E-state index in [0.29, 0.717) is 22.6 Å². The monoisotopic (exact) mass is 390 g/mol. The Hall–Kier alpha value is -3.10. The summed E-state index contributed by atoms with van der Waals surface area (Å²) >= 11 is 0. The normalized spacial score (nSPS) is 12.6. The Bertz CT molecular complexity index is 702. The highest BCUT2D eigenvalue weighted by Crippen LogP contribution is 2.14. The number of hydrogen-bond acceptors (Lipinski definition) is 8. The van der Waals surface area contributed by atoms with Crippen molar-refractivity contribution in [3.63, 3.8) is 0 Å². The standard InChI is InChI=1S/C20H22O8/c1-25-15-7-3-13(4-8-15)11-27-19(23)17(21)18(22)20(24)28-12-14-5-9-16(26-2)10-6-14/h3-10,17-18,21-22H,11-12H2,1-2H3/t17-,18-/m1/s1. The van der Waals surface area contributed by atoms with Gasteiger partial charge in [-0.25, -0.2) is 9.59 Å². The van der Waals surface area contributed by atoms with E-state index in [1.54, 1.807) is 48.5 Å².